The standard InChI is InChI=1S/C24H27N3OS/c1-17-10-9-11-18(2)21(17)25-22-24(14-7-4-8-15-24)27(23(29)26-22)16-20(28)19-12-5-3-6-13-19/h3,5-6,9-13H,4,7-8,14-16H2,1-2H3,(H,25,26,29). The van der Waals surface area contributed by atoms with Gasteiger partial charge >= 0.3 is 0 Å². The van der Waals surface area contributed by atoms with E-state index in [2.05, 4.69) is 42.3 Å². The van der Waals surface area contributed by atoms with Crippen LogP contribution in [0.25, 0.3) is 0 Å². The van der Waals surface area contributed by atoms with Crippen LogP contribution in [0.3, 0.4) is 0 Å². The maximum Gasteiger partial charge on any atom is 0.198 e. The van der Waals surface area contributed by atoms with Gasteiger partial charge in [-0.15, -0.1) is 0 Å². The van der Waals surface area contributed by atoms with Crippen LogP contribution >= 0.6 is 12.2 Å². The van der Waals surface area contributed by atoms with Crippen LogP contribution in [0, 0.1) is 13.8 Å². The van der Waals surface area contributed by atoms with Crippen molar-refractivity contribution in [3.05, 3.63) is 65.2 Å². The zero-order chi connectivity index (χ0) is 20.4. The van der Waals surface area contributed by atoms with Crippen molar-refractivity contribution in [1.82, 2.24) is 4.90 Å². The van der Waals surface area contributed by atoms with Gasteiger partial charge in [-0.1, -0.05) is 67.8 Å². The summed E-state index contributed by atoms with van der Waals surface area (Å²) in [6.07, 6.45) is 5.38. The first-order valence-electron chi connectivity index (χ1n) is 10.3. The number of carbonyl (C=O) groups excluding carboxylic acids is 1. The molecule has 4 nitrogen and oxygen atoms in total. The lowest BCUT2D eigenvalue weighted by Crippen LogP contribution is -2.56. The van der Waals surface area contributed by atoms with Crippen molar-refractivity contribution in [2.45, 2.75) is 51.5 Å². The Kier molecular flexibility index (Phi) is 5.50. The van der Waals surface area contributed by atoms with Crippen LogP contribution in [-0.2, 0) is 0 Å². The number of ketones is 1. The van der Waals surface area contributed by atoms with Gasteiger partial charge in [-0.05, 0) is 50.0 Å². The van der Waals surface area contributed by atoms with Gasteiger partial charge in [0.2, 0.25) is 0 Å². The summed E-state index contributed by atoms with van der Waals surface area (Å²) in [5, 5.41) is 4.14. The Hall–Kier alpha value is -2.53. The Balaban J connectivity index is 1.65. The molecule has 0 bridgehead atoms. The average molecular weight is 406 g/mol. The van der Waals surface area contributed by atoms with E-state index in [0.29, 0.717) is 5.11 Å². The van der Waals surface area contributed by atoms with E-state index in [1.165, 1.54) is 17.5 Å². The fourth-order valence-electron chi connectivity index (χ4n) is 4.57. The van der Waals surface area contributed by atoms with Gasteiger partial charge in [0, 0.05) is 11.3 Å². The highest BCUT2D eigenvalue weighted by Gasteiger charge is 2.49. The summed E-state index contributed by atoms with van der Waals surface area (Å²) in [4.78, 5) is 19.8. The Labute approximate surface area is 178 Å². The number of thiocarbonyl (C=S) groups is 1. The van der Waals surface area contributed by atoms with E-state index in [0.717, 1.165) is 42.8 Å². The van der Waals surface area contributed by atoms with Crippen molar-refractivity contribution in [2.24, 2.45) is 4.99 Å². The van der Waals surface area contributed by atoms with E-state index in [-0.39, 0.29) is 17.9 Å². The number of Topliss-reactive ketones (excluding diaryl/α,β-unsaturated/α-hetero) is 1. The Morgan fingerprint density at radius 1 is 1.03 bits per heavy atom. The lowest BCUT2D eigenvalue weighted by molar-refractivity contribution is 0.0916. The van der Waals surface area contributed by atoms with Crippen molar-refractivity contribution < 1.29 is 4.79 Å². The van der Waals surface area contributed by atoms with E-state index in [1.807, 2.05) is 30.3 Å². The summed E-state index contributed by atoms with van der Waals surface area (Å²) in [6.45, 7) is 4.48. The summed E-state index contributed by atoms with van der Waals surface area (Å²) in [5.41, 5.74) is 3.87. The van der Waals surface area contributed by atoms with Gasteiger partial charge in [-0.25, -0.2) is 4.99 Å². The fourth-order valence-corrected chi connectivity index (χ4v) is 4.90. The van der Waals surface area contributed by atoms with Crippen molar-refractivity contribution in [3.63, 3.8) is 0 Å². The molecule has 1 saturated carbocycles. The first-order chi connectivity index (χ1) is 14.0. The molecule has 1 spiro atoms. The molecular weight excluding hydrogens is 378 g/mol. The van der Waals surface area contributed by atoms with Crippen LogP contribution < -0.4 is 5.32 Å². The third-order valence-electron chi connectivity index (χ3n) is 6.20. The number of benzene rings is 2. The smallest absolute Gasteiger partial charge is 0.198 e. The van der Waals surface area contributed by atoms with Crippen LogP contribution in [-0.4, -0.2) is 33.7 Å². The molecule has 1 N–H and O–H groups in total. The Bertz CT molecular complexity index is 941. The van der Waals surface area contributed by atoms with Crippen LogP contribution in [0.1, 0.15) is 53.6 Å². The molecule has 1 heterocycles. The van der Waals surface area contributed by atoms with Crippen LogP contribution in [0.2, 0.25) is 0 Å². The molecule has 1 aliphatic carbocycles. The summed E-state index contributed by atoms with van der Waals surface area (Å²) in [7, 11) is 0. The molecule has 0 saturated heterocycles. The molecule has 2 aromatic carbocycles. The number of para-hydroxylation sites is 1. The van der Waals surface area contributed by atoms with Crippen molar-refractivity contribution >= 4 is 34.6 Å². The molecule has 0 amide bonds. The molecule has 0 radical (unpaired) electrons. The number of nitrogens with one attached hydrogen (secondary N) is 1. The van der Waals surface area contributed by atoms with Gasteiger partial charge in [0.15, 0.2) is 10.9 Å². The van der Waals surface area contributed by atoms with Gasteiger partial charge in [0.05, 0.1) is 6.54 Å². The minimum atomic E-state index is -0.311. The van der Waals surface area contributed by atoms with E-state index >= 15 is 0 Å². The summed E-state index contributed by atoms with van der Waals surface area (Å²) >= 11 is 5.67. The molecule has 4 rings (SSSR count). The molecule has 0 atom stereocenters. The predicted molar refractivity (Wildman–Crippen MR) is 123 cm³/mol. The van der Waals surface area contributed by atoms with Crippen molar-refractivity contribution in [3.8, 4) is 0 Å². The lowest BCUT2D eigenvalue weighted by Gasteiger charge is -2.42. The third kappa shape index (κ3) is 3.71. The number of hydrogen-bond donors (Lipinski definition) is 1. The highest BCUT2D eigenvalue weighted by Crippen LogP contribution is 2.40. The number of rotatable bonds is 4. The van der Waals surface area contributed by atoms with Crippen LogP contribution in [0.5, 0.6) is 0 Å². The number of amidine groups is 1. The number of nitrogens with zero attached hydrogens (tertiary/aromatic N) is 2. The molecule has 5 heteroatoms. The first-order valence-corrected chi connectivity index (χ1v) is 10.7. The minimum Gasteiger partial charge on any atom is -0.341 e. The fraction of sp³-hybridized carbons (Fsp3) is 0.375. The minimum absolute atomic E-state index is 0.0846. The monoisotopic (exact) mass is 405 g/mol. The molecule has 1 aliphatic heterocycles. The molecule has 2 aromatic rings. The maximum atomic E-state index is 13.0. The van der Waals surface area contributed by atoms with E-state index in [4.69, 9.17) is 17.2 Å². The number of aliphatic imine (C=N–C) groups is 1. The summed E-state index contributed by atoms with van der Waals surface area (Å²) < 4.78 is 0. The lowest BCUT2D eigenvalue weighted by atomic mass is 9.79. The van der Waals surface area contributed by atoms with Gasteiger partial charge in [0.25, 0.3) is 0 Å². The highest BCUT2D eigenvalue weighted by atomic mass is 32.1. The number of anilines is 1. The topological polar surface area (TPSA) is 44.7 Å². The summed E-state index contributed by atoms with van der Waals surface area (Å²) in [6, 6.07) is 15.7. The largest absolute Gasteiger partial charge is 0.341 e. The van der Waals surface area contributed by atoms with Gasteiger partial charge in [0.1, 0.15) is 11.4 Å². The molecule has 2 aliphatic rings. The van der Waals surface area contributed by atoms with Crippen molar-refractivity contribution in [1.29, 1.82) is 0 Å². The molecular formula is C24H27N3OS. The highest BCUT2D eigenvalue weighted by molar-refractivity contribution is 7.80. The number of carbonyl (C=O) groups is 1. The first kappa shape index (κ1) is 19.8. The second kappa shape index (κ2) is 8.07. The van der Waals surface area contributed by atoms with Gasteiger partial charge < -0.3 is 10.2 Å². The maximum absolute atomic E-state index is 13.0. The average Bonchev–Trinajstić information content (AvgIpc) is 2.97. The predicted octanol–water partition coefficient (Wildman–Crippen LogP) is 5.30. The SMILES string of the molecule is Cc1cccc(C)c1NC1=NC(=S)N(CC(=O)c2ccccc2)C12CCCCC2. The molecule has 150 valence electrons. The van der Waals surface area contributed by atoms with E-state index < -0.39 is 0 Å². The van der Waals surface area contributed by atoms with Crippen molar-refractivity contribution in [2.75, 3.05) is 11.9 Å². The zero-order valence-corrected chi connectivity index (χ0v) is 17.9. The van der Waals surface area contributed by atoms with Crippen LogP contribution in [0.4, 0.5) is 5.69 Å². The van der Waals surface area contributed by atoms with Gasteiger partial charge in [-0.2, -0.15) is 0 Å². The molecule has 0 aromatic heterocycles. The molecule has 29 heavy (non-hydrogen) atoms. The Morgan fingerprint density at radius 3 is 2.34 bits per heavy atom. The van der Waals surface area contributed by atoms with Gasteiger partial charge in [-0.3, -0.25) is 4.79 Å². The zero-order valence-electron chi connectivity index (χ0n) is 17.1. The van der Waals surface area contributed by atoms with Crippen LogP contribution in [0.15, 0.2) is 53.5 Å². The quantitative estimate of drug-likeness (QED) is 0.554. The van der Waals surface area contributed by atoms with E-state index in [9.17, 15) is 4.79 Å². The summed E-state index contributed by atoms with van der Waals surface area (Å²) in [5.74, 6) is 0.988. The second-order valence-corrected chi connectivity index (χ2v) is 8.47. The Morgan fingerprint density at radius 2 is 1.69 bits per heavy atom. The molecule has 0 unspecified atom stereocenters. The normalized spacial score (nSPS) is 18.1. The number of aryl methyl sites for hydroxylation is 2. The third-order valence-corrected chi connectivity index (χ3v) is 6.51. The second-order valence-electron chi connectivity index (χ2n) is 8.10. The number of hydrogen-bond acceptors (Lipinski definition) is 3. The molecule has 1 fully saturated rings. The van der Waals surface area contributed by atoms with E-state index in [1.54, 1.807) is 0 Å².